The highest BCUT2D eigenvalue weighted by atomic mass is 32.2. The molecule has 0 saturated carbocycles. The number of sulfonamides is 1. The number of piperidine rings is 1. The molecule has 1 N–H and O–H groups in total. The smallest absolute Gasteiger partial charge is 0.374 e. The lowest BCUT2D eigenvalue weighted by Gasteiger charge is -2.41. The normalized spacial score (nSPS) is 19.6. The fourth-order valence-corrected chi connectivity index (χ4v) is 5.37. The first kappa shape index (κ1) is 24.7. The van der Waals surface area contributed by atoms with Gasteiger partial charge in [0.1, 0.15) is 0 Å². The predicted molar refractivity (Wildman–Crippen MR) is 116 cm³/mol. The molecule has 0 aromatic carbocycles. The SMILES string of the molecule is CCOC(=O)c1ccc(S(=O)(=O)N2CCC(C(=O)NCC(C)(C)N3CCOCC3)CC2)o1. The minimum absolute atomic E-state index is 0.0500. The minimum atomic E-state index is -3.88. The zero-order valence-electron chi connectivity index (χ0n) is 19.0. The van der Waals surface area contributed by atoms with Crippen LogP contribution in [-0.4, -0.2) is 87.6 Å². The number of hydrogen-bond acceptors (Lipinski definition) is 8. The van der Waals surface area contributed by atoms with E-state index in [1.807, 2.05) is 0 Å². The van der Waals surface area contributed by atoms with Gasteiger partial charge >= 0.3 is 5.97 Å². The molecule has 0 unspecified atom stereocenters. The minimum Gasteiger partial charge on any atom is -0.460 e. The molecule has 2 aliphatic heterocycles. The molecule has 1 aromatic heterocycles. The number of ether oxygens (including phenoxy) is 2. The molecule has 32 heavy (non-hydrogen) atoms. The second-order valence-corrected chi connectivity index (χ2v) is 10.5. The summed E-state index contributed by atoms with van der Waals surface area (Å²) < 4.78 is 42.5. The van der Waals surface area contributed by atoms with E-state index in [4.69, 9.17) is 13.9 Å². The highest BCUT2D eigenvalue weighted by molar-refractivity contribution is 7.89. The Morgan fingerprint density at radius 3 is 2.44 bits per heavy atom. The van der Waals surface area contributed by atoms with Crippen molar-refractivity contribution in [3.63, 3.8) is 0 Å². The van der Waals surface area contributed by atoms with Crippen LogP contribution in [0.5, 0.6) is 0 Å². The van der Waals surface area contributed by atoms with E-state index in [0.717, 1.165) is 13.1 Å². The maximum absolute atomic E-state index is 12.9. The molecule has 2 saturated heterocycles. The number of carbonyl (C=O) groups excluding carboxylic acids is 2. The third kappa shape index (κ3) is 5.69. The Bertz CT molecular complexity index is 898. The van der Waals surface area contributed by atoms with Crippen molar-refractivity contribution in [3.05, 3.63) is 17.9 Å². The monoisotopic (exact) mass is 471 g/mol. The zero-order valence-corrected chi connectivity index (χ0v) is 19.8. The molecule has 1 aromatic rings. The first-order chi connectivity index (χ1) is 15.1. The molecule has 0 radical (unpaired) electrons. The van der Waals surface area contributed by atoms with E-state index in [1.165, 1.54) is 16.4 Å². The lowest BCUT2D eigenvalue weighted by molar-refractivity contribution is -0.126. The van der Waals surface area contributed by atoms with Crippen LogP contribution >= 0.6 is 0 Å². The van der Waals surface area contributed by atoms with Crippen molar-refractivity contribution >= 4 is 21.9 Å². The number of amides is 1. The van der Waals surface area contributed by atoms with Crippen molar-refractivity contribution in [2.45, 2.75) is 44.2 Å². The summed E-state index contributed by atoms with van der Waals surface area (Å²) in [5.41, 5.74) is -0.181. The summed E-state index contributed by atoms with van der Waals surface area (Å²) in [6.07, 6.45) is 0.850. The van der Waals surface area contributed by atoms with Gasteiger partial charge in [-0.2, -0.15) is 4.31 Å². The summed E-state index contributed by atoms with van der Waals surface area (Å²) in [6, 6.07) is 2.55. The van der Waals surface area contributed by atoms with E-state index in [2.05, 4.69) is 24.1 Å². The van der Waals surface area contributed by atoms with Crippen LogP contribution in [0, 0.1) is 5.92 Å². The van der Waals surface area contributed by atoms with Crippen molar-refractivity contribution in [1.29, 1.82) is 0 Å². The van der Waals surface area contributed by atoms with Gasteiger partial charge in [0.25, 0.3) is 10.0 Å². The molecule has 1 amide bonds. The van der Waals surface area contributed by atoms with Crippen LogP contribution in [0.3, 0.4) is 0 Å². The lowest BCUT2D eigenvalue weighted by Crippen LogP contribution is -2.56. The molecule has 10 nitrogen and oxygen atoms in total. The molecule has 3 heterocycles. The van der Waals surface area contributed by atoms with E-state index < -0.39 is 16.0 Å². The number of morpholine rings is 1. The van der Waals surface area contributed by atoms with E-state index >= 15 is 0 Å². The molecule has 0 bridgehead atoms. The summed E-state index contributed by atoms with van der Waals surface area (Å²) in [5.74, 6) is -1.15. The van der Waals surface area contributed by atoms with Gasteiger partial charge in [-0.25, -0.2) is 13.2 Å². The maximum atomic E-state index is 12.9. The Hall–Kier alpha value is -1.95. The van der Waals surface area contributed by atoms with Crippen molar-refractivity contribution in [1.82, 2.24) is 14.5 Å². The molecular weight excluding hydrogens is 438 g/mol. The zero-order chi connectivity index (χ0) is 23.4. The Morgan fingerprint density at radius 1 is 1.16 bits per heavy atom. The maximum Gasteiger partial charge on any atom is 0.374 e. The average molecular weight is 472 g/mol. The van der Waals surface area contributed by atoms with Gasteiger partial charge in [-0.1, -0.05) is 0 Å². The molecule has 0 aliphatic carbocycles. The first-order valence-corrected chi connectivity index (χ1v) is 12.5. The number of esters is 1. The summed E-state index contributed by atoms with van der Waals surface area (Å²) in [4.78, 5) is 26.7. The standard InChI is InChI=1S/C21H33N3O7S/c1-4-30-20(26)17-5-6-18(31-17)32(27,28)24-9-7-16(8-10-24)19(25)22-15-21(2,3)23-11-13-29-14-12-23/h5-6,16H,4,7-15H2,1-3H3,(H,22,25). The van der Waals surface area contributed by atoms with Gasteiger partial charge in [0.15, 0.2) is 0 Å². The Labute approximate surface area is 189 Å². The Morgan fingerprint density at radius 2 is 1.81 bits per heavy atom. The third-order valence-corrected chi connectivity index (χ3v) is 7.81. The van der Waals surface area contributed by atoms with E-state index in [1.54, 1.807) is 6.92 Å². The second kappa shape index (κ2) is 10.3. The van der Waals surface area contributed by atoms with Gasteiger partial charge < -0.3 is 19.2 Å². The molecule has 0 spiro atoms. The highest BCUT2D eigenvalue weighted by Crippen LogP contribution is 2.26. The van der Waals surface area contributed by atoms with Gasteiger partial charge in [-0.15, -0.1) is 0 Å². The fraction of sp³-hybridized carbons (Fsp3) is 0.714. The van der Waals surface area contributed by atoms with E-state index in [0.29, 0.717) is 32.6 Å². The van der Waals surface area contributed by atoms with Crippen LogP contribution in [0.2, 0.25) is 0 Å². The van der Waals surface area contributed by atoms with Gasteiger partial charge in [0.05, 0.1) is 19.8 Å². The molecule has 2 aliphatic rings. The number of rotatable bonds is 8. The van der Waals surface area contributed by atoms with Crippen molar-refractivity contribution in [2.24, 2.45) is 5.92 Å². The van der Waals surface area contributed by atoms with E-state index in [9.17, 15) is 18.0 Å². The van der Waals surface area contributed by atoms with Crippen molar-refractivity contribution in [3.8, 4) is 0 Å². The third-order valence-electron chi connectivity index (χ3n) is 6.04. The molecule has 0 atom stereocenters. The first-order valence-electron chi connectivity index (χ1n) is 11.0. The van der Waals surface area contributed by atoms with Crippen LogP contribution in [0.1, 0.15) is 44.2 Å². The number of hydrogen-bond donors (Lipinski definition) is 1. The topological polar surface area (TPSA) is 118 Å². The summed E-state index contributed by atoms with van der Waals surface area (Å²) in [6.45, 7) is 10.0. The molecular formula is C21H33N3O7S. The second-order valence-electron chi connectivity index (χ2n) is 8.65. The lowest BCUT2D eigenvalue weighted by atomic mass is 9.96. The van der Waals surface area contributed by atoms with E-state index in [-0.39, 0.29) is 47.9 Å². The number of furan rings is 1. The molecule has 11 heteroatoms. The van der Waals surface area contributed by atoms with Gasteiger partial charge in [0.2, 0.25) is 16.8 Å². The summed E-state index contributed by atoms with van der Waals surface area (Å²) in [7, 11) is -3.88. The van der Waals surface area contributed by atoms with Crippen LogP contribution in [0.4, 0.5) is 0 Å². The Balaban J connectivity index is 1.51. The fourth-order valence-electron chi connectivity index (χ4n) is 3.98. The van der Waals surface area contributed by atoms with Gasteiger partial charge in [-0.05, 0) is 45.7 Å². The van der Waals surface area contributed by atoms with Gasteiger partial charge in [0, 0.05) is 44.2 Å². The average Bonchev–Trinajstić information content (AvgIpc) is 3.30. The quantitative estimate of drug-likeness (QED) is 0.560. The van der Waals surface area contributed by atoms with Crippen LogP contribution < -0.4 is 5.32 Å². The largest absolute Gasteiger partial charge is 0.460 e. The molecule has 2 fully saturated rings. The molecule has 3 rings (SSSR count). The van der Waals surface area contributed by atoms with Gasteiger partial charge in [-0.3, -0.25) is 9.69 Å². The van der Waals surface area contributed by atoms with Crippen LogP contribution in [0.15, 0.2) is 21.6 Å². The summed E-state index contributed by atoms with van der Waals surface area (Å²) >= 11 is 0. The highest BCUT2D eigenvalue weighted by Gasteiger charge is 2.35. The number of carbonyl (C=O) groups is 2. The Kier molecular flexibility index (Phi) is 7.97. The van der Waals surface area contributed by atoms with Crippen LogP contribution in [-0.2, 0) is 24.3 Å². The predicted octanol–water partition coefficient (Wildman–Crippen LogP) is 1.08. The van der Waals surface area contributed by atoms with Crippen molar-refractivity contribution in [2.75, 3.05) is 52.5 Å². The number of nitrogens with zero attached hydrogens (tertiary/aromatic N) is 2. The molecule has 180 valence electrons. The number of nitrogens with one attached hydrogen (secondary N) is 1. The van der Waals surface area contributed by atoms with Crippen molar-refractivity contribution < 1.29 is 31.9 Å². The van der Waals surface area contributed by atoms with Crippen LogP contribution in [0.25, 0.3) is 0 Å². The summed E-state index contributed by atoms with van der Waals surface area (Å²) in [5, 5.41) is 2.75.